The van der Waals surface area contributed by atoms with Gasteiger partial charge in [-0.25, -0.2) is 4.98 Å². The molecule has 0 spiro atoms. The Bertz CT molecular complexity index is 611. The van der Waals surface area contributed by atoms with Gasteiger partial charge in [-0.3, -0.25) is 4.79 Å². The Labute approximate surface area is 121 Å². The van der Waals surface area contributed by atoms with Gasteiger partial charge in [-0.05, 0) is 49.2 Å². The number of rotatable bonds is 3. The summed E-state index contributed by atoms with van der Waals surface area (Å²) in [4.78, 5) is 16.4. The van der Waals surface area contributed by atoms with Gasteiger partial charge in [-0.1, -0.05) is 28.9 Å². The van der Waals surface area contributed by atoms with Crippen LogP contribution in [0.15, 0.2) is 40.9 Å². The second kappa shape index (κ2) is 5.97. The average molecular weight is 319 g/mol. The molecular weight excluding hydrogens is 304 g/mol. The molecule has 0 aliphatic heterocycles. The van der Waals surface area contributed by atoms with Crippen LogP contribution in [0.3, 0.4) is 0 Å². The molecule has 1 aromatic carbocycles. The number of nitrogens with zero attached hydrogens (tertiary/aromatic N) is 1. The molecule has 0 atom stereocenters. The van der Waals surface area contributed by atoms with E-state index in [1.54, 1.807) is 6.07 Å². The summed E-state index contributed by atoms with van der Waals surface area (Å²) in [5.74, 6) is -0.180. The molecule has 3 nitrogen and oxygen atoms in total. The number of nitrogens with one attached hydrogen (secondary N) is 1. The van der Waals surface area contributed by atoms with Gasteiger partial charge < -0.3 is 5.32 Å². The fourth-order valence-electron chi connectivity index (χ4n) is 1.83. The van der Waals surface area contributed by atoms with E-state index >= 15 is 0 Å². The molecule has 0 saturated carbocycles. The van der Waals surface area contributed by atoms with E-state index in [1.807, 2.05) is 37.3 Å². The monoisotopic (exact) mass is 318 g/mol. The Morgan fingerprint density at radius 3 is 2.79 bits per heavy atom. The van der Waals surface area contributed by atoms with Crippen LogP contribution in [0, 0.1) is 6.92 Å². The number of anilines is 1. The standard InChI is InChI=1S/C15H15BrN2O/c1-3-11-9-12(16)7-8-13(11)18-15(19)14-6-4-5-10(2)17-14/h4-9H,3H2,1-2H3,(H,18,19). The first-order valence-corrected chi connectivity index (χ1v) is 6.93. The number of carbonyl (C=O) groups is 1. The highest BCUT2D eigenvalue weighted by Gasteiger charge is 2.10. The van der Waals surface area contributed by atoms with Crippen LogP contribution in [0.4, 0.5) is 5.69 Å². The molecule has 0 unspecified atom stereocenters. The molecule has 0 saturated heterocycles. The van der Waals surface area contributed by atoms with Crippen molar-refractivity contribution < 1.29 is 4.79 Å². The minimum Gasteiger partial charge on any atom is -0.320 e. The topological polar surface area (TPSA) is 42.0 Å². The van der Waals surface area contributed by atoms with Gasteiger partial charge in [-0.2, -0.15) is 0 Å². The molecule has 4 heteroatoms. The number of amides is 1. The quantitative estimate of drug-likeness (QED) is 0.930. The van der Waals surface area contributed by atoms with Crippen molar-refractivity contribution in [1.82, 2.24) is 4.98 Å². The number of aromatic nitrogens is 1. The molecule has 1 amide bonds. The van der Waals surface area contributed by atoms with Gasteiger partial charge in [0.1, 0.15) is 5.69 Å². The Kier molecular flexibility index (Phi) is 4.32. The predicted molar refractivity (Wildman–Crippen MR) is 80.4 cm³/mol. The zero-order valence-electron chi connectivity index (χ0n) is 10.9. The van der Waals surface area contributed by atoms with Crippen LogP contribution < -0.4 is 5.32 Å². The van der Waals surface area contributed by atoms with E-state index < -0.39 is 0 Å². The zero-order chi connectivity index (χ0) is 13.8. The number of halogens is 1. The van der Waals surface area contributed by atoms with Gasteiger partial charge in [0.05, 0.1) is 0 Å². The molecule has 0 aliphatic carbocycles. The number of aryl methyl sites for hydroxylation is 2. The molecule has 0 fully saturated rings. The van der Waals surface area contributed by atoms with Gasteiger partial charge in [0, 0.05) is 15.9 Å². The molecule has 0 radical (unpaired) electrons. The maximum Gasteiger partial charge on any atom is 0.274 e. The van der Waals surface area contributed by atoms with E-state index in [1.165, 1.54) is 0 Å². The van der Waals surface area contributed by atoms with Crippen LogP contribution in [0.1, 0.15) is 28.7 Å². The van der Waals surface area contributed by atoms with Crippen LogP contribution in [0.5, 0.6) is 0 Å². The second-order valence-corrected chi connectivity index (χ2v) is 5.19. The van der Waals surface area contributed by atoms with Crippen LogP contribution in [-0.2, 0) is 6.42 Å². The third-order valence-electron chi connectivity index (χ3n) is 2.82. The van der Waals surface area contributed by atoms with Crippen LogP contribution in [-0.4, -0.2) is 10.9 Å². The number of hydrogen-bond donors (Lipinski definition) is 1. The Hall–Kier alpha value is -1.68. The molecular formula is C15H15BrN2O. The predicted octanol–water partition coefficient (Wildman–Crippen LogP) is 3.97. The largest absolute Gasteiger partial charge is 0.320 e. The van der Waals surface area contributed by atoms with Crippen LogP contribution >= 0.6 is 15.9 Å². The summed E-state index contributed by atoms with van der Waals surface area (Å²) in [6, 6.07) is 11.2. The van der Waals surface area contributed by atoms with Crippen molar-refractivity contribution in [3.8, 4) is 0 Å². The molecule has 0 bridgehead atoms. The molecule has 2 aromatic rings. The number of carbonyl (C=O) groups excluding carboxylic acids is 1. The summed E-state index contributed by atoms with van der Waals surface area (Å²) >= 11 is 3.43. The molecule has 1 aromatic heterocycles. The summed E-state index contributed by atoms with van der Waals surface area (Å²) in [6.45, 7) is 3.93. The van der Waals surface area contributed by atoms with Crippen molar-refractivity contribution in [1.29, 1.82) is 0 Å². The summed E-state index contributed by atoms with van der Waals surface area (Å²) < 4.78 is 1.01. The zero-order valence-corrected chi connectivity index (χ0v) is 12.5. The normalized spacial score (nSPS) is 10.3. The minimum absolute atomic E-state index is 0.180. The van der Waals surface area contributed by atoms with E-state index in [4.69, 9.17) is 0 Å². The molecule has 19 heavy (non-hydrogen) atoms. The third-order valence-corrected chi connectivity index (χ3v) is 3.31. The lowest BCUT2D eigenvalue weighted by molar-refractivity contribution is 0.102. The van der Waals surface area contributed by atoms with Gasteiger partial charge in [-0.15, -0.1) is 0 Å². The Morgan fingerprint density at radius 1 is 1.32 bits per heavy atom. The van der Waals surface area contributed by atoms with Gasteiger partial charge in [0.15, 0.2) is 0 Å². The van der Waals surface area contributed by atoms with E-state index in [-0.39, 0.29) is 5.91 Å². The van der Waals surface area contributed by atoms with Crippen LogP contribution in [0.25, 0.3) is 0 Å². The number of pyridine rings is 1. The van der Waals surface area contributed by atoms with Gasteiger partial charge in [0.2, 0.25) is 0 Å². The highest BCUT2D eigenvalue weighted by molar-refractivity contribution is 9.10. The van der Waals surface area contributed by atoms with Gasteiger partial charge in [0.25, 0.3) is 5.91 Å². The Balaban J connectivity index is 2.24. The highest BCUT2D eigenvalue weighted by atomic mass is 79.9. The van der Waals surface area contributed by atoms with Crippen LogP contribution in [0.2, 0.25) is 0 Å². The summed E-state index contributed by atoms with van der Waals surface area (Å²) in [5, 5.41) is 2.91. The summed E-state index contributed by atoms with van der Waals surface area (Å²) in [5.41, 5.74) is 3.19. The molecule has 2 rings (SSSR count). The van der Waals surface area contributed by atoms with Crippen molar-refractivity contribution in [2.24, 2.45) is 0 Å². The van der Waals surface area contributed by atoms with E-state index in [2.05, 4.69) is 33.2 Å². The van der Waals surface area contributed by atoms with E-state index in [0.29, 0.717) is 5.69 Å². The minimum atomic E-state index is -0.180. The van der Waals surface area contributed by atoms with Crippen molar-refractivity contribution in [2.45, 2.75) is 20.3 Å². The van der Waals surface area contributed by atoms with Gasteiger partial charge >= 0.3 is 0 Å². The third kappa shape index (κ3) is 3.41. The smallest absolute Gasteiger partial charge is 0.274 e. The highest BCUT2D eigenvalue weighted by Crippen LogP contribution is 2.22. The SMILES string of the molecule is CCc1cc(Br)ccc1NC(=O)c1cccc(C)n1. The first kappa shape index (κ1) is 13.7. The fraction of sp³-hybridized carbons (Fsp3) is 0.200. The maximum atomic E-state index is 12.1. The molecule has 1 N–H and O–H groups in total. The number of hydrogen-bond acceptors (Lipinski definition) is 2. The second-order valence-electron chi connectivity index (χ2n) is 4.27. The lowest BCUT2D eigenvalue weighted by Gasteiger charge is -2.10. The van der Waals surface area contributed by atoms with Crippen molar-refractivity contribution in [3.63, 3.8) is 0 Å². The summed E-state index contributed by atoms with van der Waals surface area (Å²) in [6.07, 6.45) is 0.857. The lowest BCUT2D eigenvalue weighted by atomic mass is 10.1. The number of benzene rings is 1. The van der Waals surface area contributed by atoms with E-state index in [9.17, 15) is 4.79 Å². The maximum absolute atomic E-state index is 12.1. The first-order chi connectivity index (χ1) is 9.10. The average Bonchev–Trinajstić information content (AvgIpc) is 2.40. The van der Waals surface area contributed by atoms with Crippen molar-refractivity contribution >= 4 is 27.5 Å². The lowest BCUT2D eigenvalue weighted by Crippen LogP contribution is -2.15. The molecule has 1 heterocycles. The molecule has 98 valence electrons. The Morgan fingerprint density at radius 2 is 2.11 bits per heavy atom. The van der Waals surface area contributed by atoms with Crippen molar-refractivity contribution in [3.05, 3.63) is 57.8 Å². The summed E-state index contributed by atoms with van der Waals surface area (Å²) in [7, 11) is 0. The first-order valence-electron chi connectivity index (χ1n) is 6.13. The fourth-order valence-corrected chi connectivity index (χ4v) is 2.24. The van der Waals surface area contributed by atoms with Crippen molar-refractivity contribution in [2.75, 3.05) is 5.32 Å². The van der Waals surface area contributed by atoms with E-state index in [0.717, 1.165) is 27.8 Å². The molecule has 0 aliphatic rings.